The van der Waals surface area contributed by atoms with Crippen LogP contribution < -0.4 is 0 Å². The molecule has 0 aromatic rings. The first-order chi connectivity index (χ1) is 17.8. The Morgan fingerprint density at radius 2 is 1.19 bits per heavy atom. The van der Waals surface area contributed by atoms with E-state index in [4.69, 9.17) is 9.47 Å². The zero-order chi connectivity index (χ0) is 25.7. The Morgan fingerprint density at radius 3 is 1.68 bits per heavy atom. The van der Waals surface area contributed by atoms with E-state index in [1.807, 2.05) is 0 Å². The van der Waals surface area contributed by atoms with E-state index in [-0.39, 0.29) is 54.9 Å². The second kappa shape index (κ2) is 8.96. The Hall–Kier alpha value is -1.10. The summed E-state index contributed by atoms with van der Waals surface area (Å²) in [5, 5.41) is 9.34. The Labute approximate surface area is 222 Å². The highest BCUT2D eigenvalue weighted by molar-refractivity contribution is 5.84. The molecule has 0 aromatic carbocycles. The summed E-state index contributed by atoms with van der Waals surface area (Å²) in [5.74, 6) is 7.42. The van der Waals surface area contributed by atoms with E-state index in [1.54, 1.807) is 0 Å². The summed E-state index contributed by atoms with van der Waals surface area (Å²) in [6.45, 7) is 9.43. The summed E-state index contributed by atoms with van der Waals surface area (Å²) in [7, 11) is 0. The first-order valence-electron chi connectivity index (χ1n) is 15.8. The van der Waals surface area contributed by atoms with Crippen molar-refractivity contribution in [3.63, 3.8) is 0 Å². The van der Waals surface area contributed by atoms with Crippen molar-refractivity contribution in [3.05, 3.63) is 0 Å². The minimum absolute atomic E-state index is 0.0221. The zero-order valence-electron chi connectivity index (χ0n) is 23.3. The third kappa shape index (κ3) is 3.57. The Morgan fingerprint density at radius 1 is 0.703 bits per heavy atom. The van der Waals surface area contributed by atoms with E-state index in [0.29, 0.717) is 47.3 Å². The fraction of sp³-hybridized carbons (Fsp3) is 0.938. The molecular formula is C32H48O5. The van der Waals surface area contributed by atoms with Crippen LogP contribution in [0.25, 0.3) is 0 Å². The summed E-state index contributed by atoms with van der Waals surface area (Å²) in [6.07, 6.45) is 8.63. The van der Waals surface area contributed by atoms with Crippen molar-refractivity contribution in [2.45, 2.75) is 78.7 Å². The molecule has 0 amide bonds. The molecule has 37 heavy (non-hydrogen) atoms. The molecule has 8 fully saturated rings. The first kappa shape index (κ1) is 24.9. The maximum atomic E-state index is 14.1. The van der Waals surface area contributed by atoms with Gasteiger partial charge < -0.3 is 14.6 Å². The largest absolute Gasteiger partial charge is 0.463 e. The number of carbonyl (C=O) groups is 2. The van der Waals surface area contributed by atoms with E-state index >= 15 is 0 Å². The molecule has 10 atom stereocenters. The molecule has 5 nitrogen and oxygen atoms in total. The molecule has 206 valence electrons. The Balaban J connectivity index is 1.17. The summed E-state index contributed by atoms with van der Waals surface area (Å²) < 4.78 is 12.1. The summed E-state index contributed by atoms with van der Waals surface area (Å²) in [6, 6.07) is 0. The highest BCUT2D eigenvalue weighted by Crippen LogP contribution is 2.74. The van der Waals surface area contributed by atoms with Crippen LogP contribution in [-0.4, -0.2) is 36.4 Å². The highest BCUT2D eigenvalue weighted by Gasteiger charge is 2.73. The van der Waals surface area contributed by atoms with E-state index in [1.165, 1.54) is 38.5 Å². The molecule has 8 aliphatic rings. The van der Waals surface area contributed by atoms with Gasteiger partial charge in [0.15, 0.2) is 0 Å². The molecule has 0 aliphatic heterocycles. The van der Waals surface area contributed by atoms with Crippen molar-refractivity contribution in [2.24, 2.45) is 94.7 Å². The number of hydrogen-bond acceptors (Lipinski definition) is 5. The topological polar surface area (TPSA) is 72.8 Å². The molecular weight excluding hydrogens is 464 g/mol. The number of fused-ring (bicyclic) bond motifs is 9. The normalized spacial score (nSPS) is 52.4. The quantitative estimate of drug-likeness (QED) is 0.375. The van der Waals surface area contributed by atoms with Crippen LogP contribution in [0.4, 0.5) is 0 Å². The van der Waals surface area contributed by atoms with Crippen LogP contribution in [0.5, 0.6) is 0 Å². The highest BCUT2D eigenvalue weighted by atomic mass is 16.6. The van der Waals surface area contributed by atoms with Crippen LogP contribution in [0, 0.1) is 94.7 Å². The van der Waals surface area contributed by atoms with E-state index in [9.17, 15) is 14.7 Å². The summed E-state index contributed by atoms with van der Waals surface area (Å²) in [5.41, 5.74) is 0. The third-order valence-electron chi connectivity index (χ3n) is 13.1. The monoisotopic (exact) mass is 512 g/mol. The van der Waals surface area contributed by atoms with Crippen LogP contribution in [-0.2, 0) is 19.1 Å². The maximum Gasteiger partial charge on any atom is 0.310 e. The number of ether oxygens (including phenoxy) is 2. The van der Waals surface area contributed by atoms with E-state index in [0.717, 1.165) is 30.1 Å². The van der Waals surface area contributed by atoms with E-state index < -0.39 is 0 Å². The van der Waals surface area contributed by atoms with Crippen LogP contribution >= 0.6 is 0 Å². The molecule has 5 heteroatoms. The van der Waals surface area contributed by atoms with Gasteiger partial charge in [0.05, 0.1) is 18.4 Å². The summed E-state index contributed by atoms with van der Waals surface area (Å²) >= 11 is 0. The first-order valence-corrected chi connectivity index (χ1v) is 15.8. The predicted molar refractivity (Wildman–Crippen MR) is 139 cm³/mol. The fourth-order valence-electron chi connectivity index (χ4n) is 12.8. The van der Waals surface area contributed by atoms with Gasteiger partial charge in [-0.05, 0) is 128 Å². The van der Waals surface area contributed by atoms with Gasteiger partial charge in [-0.15, -0.1) is 0 Å². The number of carbonyl (C=O) groups excluding carboxylic acids is 2. The second-order valence-corrected chi connectivity index (χ2v) is 15.2. The van der Waals surface area contributed by atoms with Crippen LogP contribution in [0.2, 0.25) is 0 Å². The lowest BCUT2D eigenvalue weighted by Gasteiger charge is -2.54. The van der Waals surface area contributed by atoms with Gasteiger partial charge in [0, 0.05) is 0 Å². The van der Waals surface area contributed by atoms with E-state index in [2.05, 4.69) is 27.7 Å². The van der Waals surface area contributed by atoms with Gasteiger partial charge in [-0.1, -0.05) is 27.7 Å². The summed E-state index contributed by atoms with van der Waals surface area (Å²) in [4.78, 5) is 27.6. The Kier molecular flexibility index (Phi) is 6.03. The van der Waals surface area contributed by atoms with Gasteiger partial charge in [-0.3, -0.25) is 9.59 Å². The SMILES string of the molecule is CC(C)C1C2CC(C1C(C)C)C1C3CC(C(C(=O)OCCO)C3C(=O)OC3C4CC5CC(C4)CC3C5)C21. The number of aliphatic hydroxyl groups is 1. The minimum Gasteiger partial charge on any atom is -0.463 e. The van der Waals surface area contributed by atoms with Crippen molar-refractivity contribution >= 4 is 11.9 Å². The maximum absolute atomic E-state index is 14.1. The molecule has 8 aliphatic carbocycles. The Bertz CT molecular complexity index is 898. The molecule has 8 rings (SSSR count). The lowest BCUT2D eigenvalue weighted by Crippen LogP contribution is -2.53. The molecule has 8 bridgehead atoms. The van der Waals surface area contributed by atoms with Gasteiger partial charge in [0.25, 0.3) is 0 Å². The minimum atomic E-state index is -0.383. The molecule has 0 spiro atoms. The molecule has 0 radical (unpaired) electrons. The van der Waals surface area contributed by atoms with Gasteiger partial charge in [0.1, 0.15) is 12.7 Å². The van der Waals surface area contributed by atoms with Crippen molar-refractivity contribution in [1.82, 2.24) is 0 Å². The van der Waals surface area contributed by atoms with Crippen molar-refractivity contribution in [2.75, 3.05) is 13.2 Å². The van der Waals surface area contributed by atoms with Crippen LogP contribution in [0.1, 0.15) is 72.6 Å². The van der Waals surface area contributed by atoms with Gasteiger partial charge in [-0.25, -0.2) is 0 Å². The van der Waals surface area contributed by atoms with Crippen LogP contribution in [0.15, 0.2) is 0 Å². The second-order valence-electron chi connectivity index (χ2n) is 15.2. The molecule has 8 saturated carbocycles. The predicted octanol–water partition coefficient (Wildman–Crippen LogP) is 5.20. The zero-order valence-corrected chi connectivity index (χ0v) is 23.3. The van der Waals surface area contributed by atoms with Gasteiger partial charge in [-0.2, -0.15) is 0 Å². The van der Waals surface area contributed by atoms with Crippen molar-refractivity contribution in [1.29, 1.82) is 0 Å². The third-order valence-corrected chi connectivity index (χ3v) is 13.1. The average Bonchev–Trinajstić information content (AvgIpc) is 3.60. The van der Waals surface area contributed by atoms with Crippen molar-refractivity contribution in [3.8, 4) is 0 Å². The molecule has 0 aromatic heterocycles. The smallest absolute Gasteiger partial charge is 0.310 e. The van der Waals surface area contributed by atoms with Gasteiger partial charge in [0.2, 0.25) is 0 Å². The lowest BCUT2D eigenvalue weighted by atomic mass is 9.54. The number of rotatable bonds is 7. The molecule has 0 heterocycles. The van der Waals surface area contributed by atoms with Crippen molar-refractivity contribution < 1.29 is 24.2 Å². The number of esters is 2. The number of hydrogen-bond donors (Lipinski definition) is 1. The van der Waals surface area contributed by atoms with Gasteiger partial charge >= 0.3 is 11.9 Å². The standard InChI is InChI=1S/C32H48O5/c1-14(2)24-20-12-21(25(24)15(3)4)27-23-13-22(26(20)27)28(31(34)36-6-5-33)29(23)32(35)37-30-18-8-16-7-17(10-18)11-19(30)9-16/h14-30,33H,5-13H2,1-4H3. The molecule has 0 saturated heterocycles. The average molecular weight is 513 g/mol. The fourth-order valence-corrected chi connectivity index (χ4v) is 12.8. The molecule has 1 N–H and O–H groups in total. The lowest BCUT2D eigenvalue weighted by molar-refractivity contribution is -0.186. The number of aliphatic hydroxyl groups excluding tert-OH is 1. The van der Waals surface area contributed by atoms with Crippen LogP contribution in [0.3, 0.4) is 0 Å². The molecule has 10 unspecified atom stereocenters.